The number of nitro benzene ring substituents is 1. The molecule has 6 nitrogen and oxygen atoms in total. The molecule has 8 heteroatoms. The van der Waals surface area contributed by atoms with Gasteiger partial charge in [-0.1, -0.05) is 0 Å². The summed E-state index contributed by atoms with van der Waals surface area (Å²) >= 11 is 1.39. The average Bonchev–Trinajstić information content (AvgIpc) is 2.54. The molecule has 1 fully saturated rings. The van der Waals surface area contributed by atoms with Crippen LogP contribution in [0.15, 0.2) is 29.2 Å². The number of amides is 1. The van der Waals surface area contributed by atoms with Crippen molar-refractivity contribution < 1.29 is 9.72 Å². The SMILES string of the molecule is Cl.O=C(CSc1ccc([N+](=O)[O-])cc1)NCCC1CCCNC1. The summed E-state index contributed by atoms with van der Waals surface area (Å²) in [6.45, 7) is 2.87. The van der Waals surface area contributed by atoms with E-state index in [0.29, 0.717) is 18.2 Å². The van der Waals surface area contributed by atoms with Crippen LogP contribution >= 0.6 is 24.2 Å². The molecule has 2 rings (SSSR count). The van der Waals surface area contributed by atoms with Crippen molar-refractivity contribution in [3.63, 3.8) is 0 Å². The molecule has 0 saturated carbocycles. The summed E-state index contributed by atoms with van der Waals surface area (Å²) < 4.78 is 0. The minimum atomic E-state index is -0.429. The molecule has 0 aromatic heterocycles. The topological polar surface area (TPSA) is 84.3 Å². The molecule has 1 saturated heterocycles. The molecule has 1 aliphatic rings. The van der Waals surface area contributed by atoms with Gasteiger partial charge < -0.3 is 10.6 Å². The van der Waals surface area contributed by atoms with Crippen LogP contribution in [0.3, 0.4) is 0 Å². The second-order valence-electron chi connectivity index (χ2n) is 5.39. The quantitative estimate of drug-likeness (QED) is 0.444. The van der Waals surface area contributed by atoms with E-state index in [0.717, 1.165) is 24.4 Å². The Morgan fingerprint density at radius 1 is 1.39 bits per heavy atom. The van der Waals surface area contributed by atoms with Crippen molar-refractivity contribution in [3.05, 3.63) is 34.4 Å². The molecule has 0 spiro atoms. The molecule has 128 valence electrons. The number of benzene rings is 1. The number of carbonyl (C=O) groups is 1. The number of nitrogens with one attached hydrogen (secondary N) is 2. The highest BCUT2D eigenvalue weighted by Gasteiger charge is 2.13. The first-order valence-electron chi connectivity index (χ1n) is 7.50. The van der Waals surface area contributed by atoms with Gasteiger partial charge in [0.15, 0.2) is 0 Å². The van der Waals surface area contributed by atoms with Gasteiger partial charge in [0.2, 0.25) is 5.91 Å². The zero-order chi connectivity index (χ0) is 15.8. The first kappa shape index (κ1) is 19.7. The van der Waals surface area contributed by atoms with Gasteiger partial charge in [0, 0.05) is 23.6 Å². The van der Waals surface area contributed by atoms with Gasteiger partial charge in [-0.3, -0.25) is 14.9 Å². The molecule has 1 unspecified atom stereocenters. The van der Waals surface area contributed by atoms with Crippen LogP contribution in [0.25, 0.3) is 0 Å². The van der Waals surface area contributed by atoms with Gasteiger partial charge in [-0.05, 0) is 50.4 Å². The maximum absolute atomic E-state index is 11.8. The zero-order valence-corrected chi connectivity index (χ0v) is 14.5. The number of hydrogen-bond donors (Lipinski definition) is 2. The Balaban J connectivity index is 0.00000264. The van der Waals surface area contributed by atoms with E-state index in [2.05, 4.69) is 10.6 Å². The summed E-state index contributed by atoms with van der Waals surface area (Å²) in [6, 6.07) is 6.25. The minimum absolute atomic E-state index is 0. The highest BCUT2D eigenvalue weighted by atomic mass is 35.5. The Labute approximate surface area is 146 Å². The van der Waals surface area contributed by atoms with E-state index in [9.17, 15) is 14.9 Å². The molecule has 0 bridgehead atoms. The first-order valence-corrected chi connectivity index (χ1v) is 8.48. The molecular formula is C15H22ClN3O3S. The van der Waals surface area contributed by atoms with E-state index in [1.807, 2.05) is 0 Å². The molecule has 23 heavy (non-hydrogen) atoms. The zero-order valence-electron chi connectivity index (χ0n) is 12.8. The normalized spacial score (nSPS) is 17.1. The Hall–Kier alpha value is -1.31. The highest BCUT2D eigenvalue weighted by molar-refractivity contribution is 8.00. The van der Waals surface area contributed by atoms with Crippen LogP contribution in [0.1, 0.15) is 19.3 Å². The second kappa shape index (κ2) is 10.5. The number of nitrogens with zero attached hydrogens (tertiary/aromatic N) is 1. The summed E-state index contributed by atoms with van der Waals surface area (Å²) in [5.74, 6) is 1.00. The molecule has 1 heterocycles. The van der Waals surface area contributed by atoms with E-state index in [1.54, 1.807) is 12.1 Å². The summed E-state index contributed by atoms with van der Waals surface area (Å²) in [5.41, 5.74) is 0.0647. The number of thioether (sulfide) groups is 1. The monoisotopic (exact) mass is 359 g/mol. The molecule has 1 amide bonds. The molecule has 0 radical (unpaired) electrons. The van der Waals surface area contributed by atoms with Crippen LogP contribution in [0.4, 0.5) is 5.69 Å². The largest absolute Gasteiger partial charge is 0.355 e. The highest BCUT2D eigenvalue weighted by Crippen LogP contribution is 2.21. The van der Waals surface area contributed by atoms with Gasteiger partial charge in [-0.25, -0.2) is 0 Å². The van der Waals surface area contributed by atoms with Crippen molar-refractivity contribution in [1.29, 1.82) is 0 Å². The fourth-order valence-electron chi connectivity index (χ4n) is 2.45. The molecular weight excluding hydrogens is 338 g/mol. The Morgan fingerprint density at radius 3 is 2.74 bits per heavy atom. The minimum Gasteiger partial charge on any atom is -0.355 e. The Morgan fingerprint density at radius 2 is 2.13 bits per heavy atom. The number of hydrogen-bond acceptors (Lipinski definition) is 5. The standard InChI is InChI=1S/C15H21N3O3S.ClH/c19-15(17-9-7-12-2-1-8-16-10-12)11-22-14-5-3-13(4-6-14)18(20)21;/h3-6,12,16H,1-2,7-11H2,(H,17,19);1H. The fraction of sp³-hybridized carbons (Fsp3) is 0.533. The fourth-order valence-corrected chi connectivity index (χ4v) is 3.18. The Kier molecular flexibility index (Phi) is 8.98. The maximum Gasteiger partial charge on any atom is 0.269 e. The van der Waals surface area contributed by atoms with Gasteiger partial charge in [-0.15, -0.1) is 24.2 Å². The predicted molar refractivity (Wildman–Crippen MR) is 94.3 cm³/mol. The maximum atomic E-state index is 11.8. The van der Waals surface area contributed by atoms with Gasteiger partial charge in [0.1, 0.15) is 0 Å². The third-order valence-electron chi connectivity index (χ3n) is 3.69. The van der Waals surface area contributed by atoms with Gasteiger partial charge >= 0.3 is 0 Å². The van der Waals surface area contributed by atoms with E-state index < -0.39 is 4.92 Å². The number of carbonyl (C=O) groups excluding carboxylic acids is 1. The van der Waals surface area contributed by atoms with Crippen LogP contribution in [0.2, 0.25) is 0 Å². The molecule has 0 aliphatic carbocycles. The van der Waals surface area contributed by atoms with Crippen molar-refractivity contribution in [1.82, 2.24) is 10.6 Å². The average molecular weight is 360 g/mol. The lowest BCUT2D eigenvalue weighted by Crippen LogP contribution is -2.33. The van der Waals surface area contributed by atoms with E-state index >= 15 is 0 Å². The van der Waals surface area contributed by atoms with E-state index in [4.69, 9.17) is 0 Å². The number of non-ortho nitro benzene ring substituents is 1. The summed E-state index contributed by atoms with van der Waals surface area (Å²) in [7, 11) is 0. The van der Waals surface area contributed by atoms with Gasteiger partial charge in [-0.2, -0.15) is 0 Å². The van der Waals surface area contributed by atoms with Crippen LogP contribution in [0.5, 0.6) is 0 Å². The smallest absolute Gasteiger partial charge is 0.269 e. The third-order valence-corrected chi connectivity index (χ3v) is 4.70. The second-order valence-corrected chi connectivity index (χ2v) is 6.44. The lowest BCUT2D eigenvalue weighted by atomic mass is 9.96. The lowest BCUT2D eigenvalue weighted by Gasteiger charge is -2.22. The molecule has 1 atom stereocenters. The lowest BCUT2D eigenvalue weighted by molar-refractivity contribution is -0.384. The van der Waals surface area contributed by atoms with Crippen LogP contribution in [-0.2, 0) is 4.79 Å². The van der Waals surface area contributed by atoms with E-state index in [-0.39, 0.29) is 24.0 Å². The number of halogens is 1. The Bertz CT molecular complexity index is 507. The molecule has 1 aromatic carbocycles. The molecule has 2 N–H and O–H groups in total. The van der Waals surface area contributed by atoms with Crippen molar-refractivity contribution >= 4 is 35.8 Å². The summed E-state index contributed by atoms with van der Waals surface area (Å²) in [5, 5.41) is 16.9. The van der Waals surface area contributed by atoms with Crippen molar-refractivity contribution in [2.45, 2.75) is 24.2 Å². The summed E-state index contributed by atoms with van der Waals surface area (Å²) in [6.07, 6.45) is 3.47. The number of nitro groups is 1. The summed E-state index contributed by atoms with van der Waals surface area (Å²) in [4.78, 5) is 22.8. The third kappa shape index (κ3) is 7.20. The van der Waals surface area contributed by atoms with Crippen LogP contribution < -0.4 is 10.6 Å². The van der Waals surface area contributed by atoms with Crippen molar-refractivity contribution in [2.75, 3.05) is 25.4 Å². The number of piperidine rings is 1. The van der Waals surface area contributed by atoms with Crippen LogP contribution in [-0.4, -0.2) is 36.2 Å². The van der Waals surface area contributed by atoms with Crippen molar-refractivity contribution in [3.8, 4) is 0 Å². The van der Waals surface area contributed by atoms with Gasteiger partial charge in [0.25, 0.3) is 5.69 Å². The van der Waals surface area contributed by atoms with Crippen molar-refractivity contribution in [2.24, 2.45) is 5.92 Å². The van der Waals surface area contributed by atoms with Crippen LogP contribution in [0, 0.1) is 16.0 Å². The predicted octanol–water partition coefficient (Wildman–Crippen LogP) is 2.61. The molecule has 1 aliphatic heterocycles. The van der Waals surface area contributed by atoms with E-state index in [1.165, 1.54) is 36.7 Å². The van der Waals surface area contributed by atoms with Gasteiger partial charge in [0.05, 0.1) is 10.7 Å². The first-order chi connectivity index (χ1) is 10.6. The molecule has 1 aromatic rings. The number of rotatable bonds is 7.